The molecule has 1 saturated carbocycles. The molecule has 32 heavy (non-hydrogen) atoms. The summed E-state index contributed by atoms with van der Waals surface area (Å²) in [6, 6.07) is 6.10. The highest BCUT2D eigenvalue weighted by atomic mass is 32.2. The van der Waals surface area contributed by atoms with Gasteiger partial charge >= 0.3 is 11.9 Å². The van der Waals surface area contributed by atoms with Crippen LogP contribution in [0.4, 0.5) is 0 Å². The first-order chi connectivity index (χ1) is 15.4. The number of carbonyl (C=O) groups is 2. The van der Waals surface area contributed by atoms with Gasteiger partial charge < -0.3 is 20.1 Å². The van der Waals surface area contributed by atoms with Crippen LogP contribution in [0.15, 0.2) is 18.2 Å². The van der Waals surface area contributed by atoms with Gasteiger partial charge in [-0.05, 0) is 30.7 Å². The molecule has 2 atom stereocenters. The number of para-hydroxylation sites is 1. The number of hydrogen-bond donors (Lipinski definition) is 3. The van der Waals surface area contributed by atoms with E-state index < -0.39 is 18.0 Å². The van der Waals surface area contributed by atoms with Crippen molar-refractivity contribution in [3.05, 3.63) is 29.3 Å². The number of benzene rings is 1. The minimum absolute atomic E-state index is 0.00512. The van der Waals surface area contributed by atoms with Gasteiger partial charge in [-0.2, -0.15) is 11.8 Å². The average molecular weight is 485 g/mol. The van der Waals surface area contributed by atoms with Gasteiger partial charge in [0, 0.05) is 17.1 Å². The van der Waals surface area contributed by atoms with Crippen molar-refractivity contribution in [3.63, 3.8) is 0 Å². The van der Waals surface area contributed by atoms with Crippen LogP contribution in [0.1, 0.15) is 80.6 Å². The Kier molecular flexibility index (Phi) is 12.3. The summed E-state index contributed by atoms with van der Waals surface area (Å²) in [6.45, 7) is 2.76. The lowest BCUT2D eigenvalue weighted by atomic mass is 9.93. The lowest BCUT2D eigenvalue weighted by molar-refractivity contribution is -0.136. The minimum Gasteiger partial charge on any atom is -0.493 e. The third-order valence-corrected chi connectivity index (χ3v) is 8.04. The van der Waals surface area contributed by atoms with Crippen LogP contribution in [0.5, 0.6) is 5.75 Å². The first kappa shape index (κ1) is 26.9. The lowest BCUT2D eigenvalue weighted by Gasteiger charge is -2.27. The van der Waals surface area contributed by atoms with Crippen LogP contribution < -0.4 is 4.74 Å². The Morgan fingerprint density at radius 3 is 2.56 bits per heavy atom. The molecule has 1 aliphatic carbocycles. The van der Waals surface area contributed by atoms with Crippen LogP contribution in [0.2, 0.25) is 0 Å². The van der Waals surface area contributed by atoms with Gasteiger partial charge in [0.05, 0.1) is 30.1 Å². The molecule has 0 radical (unpaired) electrons. The molecule has 6 nitrogen and oxygen atoms in total. The van der Waals surface area contributed by atoms with Gasteiger partial charge in [-0.3, -0.25) is 9.59 Å². The van der Waals surface area contributed by atoms with E-state index in [2.05, 4.69) is 13.0 Å². The molecule has 0 heterocycles. The maximum absolute atomic E-state index is 11.1. The fourth-order valence-corrected chi connectivity index (χ4v) is 6.16. The first-order valence-corrected chi connectivity index (χ1v) is 13.7. The molecule has 0 spiro atoms. The molecule has 180 valence electrons. The van der Waals surface area contributed by atoms with E-state index in [1.54, 1.807) is 0 Å². The van der Waals surface area contributed by atoms with Crippen LogP contribution in [0, 0.1) is 0 Å². The molecule has 2 rings (SSSR count). The third kappa shape index (κ3) is 8.87. The van der Waals surface area contributed by atoms with Crippen LogP contribution in [-0.4, -0.2) is 57.2 Å². The summed E-state index contributed by atoms with van der Waals surface area (Å²) in [4.78, 5) is 22.0. The Labute approximate surface area is 199 Å². The summed E-state index contributed by atoms with van der Waals surface area (Å²) in [5, 5.41) is 28.6. The van der Waals surface area contributed by atoms with Gasteiger partial charge in [-0.1, -0.05) is 50.8 Å². The highest BCUT2D eigenvalue weighted by Gasteiger charge is 2.29. The molecule has 0 aliphatic heterocycles. The largest absolute Gasteiger partial charge is 0.493 e. The summed E-state index contributed by atoms with van der Waals surface area (Å²) in [5.41, 5.74) is 2.08. The smallest absolute Gasteiger partial charge is 0.313 e. The molecule has 0 amide bonds. The highest BCUT2D eigenvalue weighted by Crippen LogP contribution is 2.45. The van der Waals surface area contributed by atoms with E-state index in [1.165, 1.54) is 41.9 Å². The lowest BCUT2D eigenvalue weighted by Crippen LogP contribution is -2.22. The van der Waals surface area contributed by atoms with Crippen molar-refractivity contribution in [2.24, 2.45) is 0 Å². The van der Waals surface area contributed by atoms with Gasteiger partial charge in [-0.15, -0.1) is 11.8 Å². The molecule has 0 aromatic heterocycles. The topological polar surface area (TPSA) is 104 Å². The third-order valence-electron chi connectivity index (χ3n) is 5.65. The zero-order valence-corrected chi connectivity index (χ0v) is 20.5. The Balaban J connectivity index is 2.31. The predicted octanol–water partition coefficient (Wildman–Crippen LogP) is 5.34. The van der Waals surface area contributed by atoms with E-state index in [-0.39, 0.29) is 23.2 Å². The summed E-state index contributed by atoms with van der Waals surface area (Å²) in [6.07, 6.45) is 7.01. The quantitative estimate of drug-likeness (QED) is 0.270. The second-order valence-electron chi connectivity index (χ2n) is 8.21. The zero-order valence-electron chi connectivity index (χ0n) is 18.8. The van der Waals surface area contributed by atoms with Crippen molar-refractivity contribution < 1.29 is 29.6 Å². The minimum atomic E-state index is -0.916. The summed E-state index contributed by atoms with van der Waals surface area (Å²) in [5.74, 6) is 0.0439. The molecule has 0 bridgehead atoms. The number of unbranched alkanes of at least 4 members (excludes halogenated alkanes) is 2. The SMILES string of the molecule is CCCCCOc1c(C2CCCC2)cccc1C(SCCC(=O)O)C(O)CSCC(=O)O. The molecule has 1 aromatic rings. The Hall–Kier alpha value is -1.38. The van der Waals surface area contributed by atoms with Crippen molar-refractivity contribution in [1.29, 1.82) is 0 Å². The standard InChI is InChI=1S/C24H36O6S2/c1-2-3-6-13-30-23-18(17-8-4-5-9-17)10-7-11-19(23)24(32-14-12-21(26)27)20(25)15-31-16-22(28)29/h7,10-11,17,20,24-25H,2-6,8-9,12-16H2,1H3,(H,26,27)(H,28,29). The van der Waals surface area contributed by atoms with E-state index in [0.29, 0.717) is 18.3 Å². The molecule has 1 aromatic carbocycles. The summed E-state index contributed by atoms with van der Waals surface area (Å²) < 4.78 is 6.34. The van der Waals surface area contributed by atoms with Crippen LogP contribution in [0.3, 0.4) is 0 Å². The highest BCUT2D eigenvalue weighted by molar-refractivity contribution is 8.00. The van der Waals surface area contributed by atoms with E-state index in [0.717, 1.165) is 43.4 Å². The fourth-order valence-electron chi connectivity index (χ4n) is 4.08. The van der Waals surface area contributed by atoms with E-state index in [1.807, 2.05) is 12.1 Å². The fraction of sp³-hybridized carbons (Fsp3) is 0.667. The molecule has 2 unspecified atom stereocenters. The van der Waals surface area contributed by atoms with E-state index >= 15 is 0 Å². The van der Waals surface area contributed by atoms with Crippen LogP contribution >= 0.6 is 23.5 Å². The van der Waals surface area contributed by atoms with E-state index in [4.69, 9.17) is 14.9 Å². The summed E-state index contributed by atoms with van der Waals surface area (Å²) in [7, 11) is 0. The number of carboxylic acid groups (broad SMARTS) is 2. The first-order valence-electron chi connectivity index (χ1n) is 11.5. The number of thioether (sulfide) groups is 2. The number of hydrogen-bond acceptors (Lipinski definition) is 6. The van der Waals surface area contributed by atoms with Crippen molar-refractivity contribution in [2.45, 2.75) is 75.6 Å². The van der Waals surface area contributed by atoms with Gasteiger partial charge in [0.2, 0.25) is 0 Å². The normalized spacial score (nSPS) is 16.1. The number of aliphatic hydroxyl groups is 1. The number of aliphatic hydroxyl groups excluding tert-OH is 1. The maximum Gasteiger partial charge on any atom is 0.313 e. The van der Waals surface area contributed by atoms with Gasteiger partial charge in [0.15, 0.2) is 0 Å². The average Bonchev–Trinajstić information content (AvgIpc) is 3.28. The predicted molar refractivity (Wildman–Crippen MR) is 131 cm³/mol. The number of rotatable bonds is 16. The molecular formula is C24H36O6S2. The van der Waals surface area contributed by atoms with E-state index in [9.17, 15) is 14.7 Å². The van der Waals surface area contributed by atoms with Gasteiger partial charge in [0.25, 0.3) is 0 Å². The summed E-state index contributed by atoms with van der Waals surface area (Å²) >= 11 is 2.58. The molecule has 1 fully saturated rings. The molecule has 1 aliphatic rings. The Morgan fingerprint density at radius 1 is 1.16 bits per heavy atom. The maximum atomic E-state index is 11.1. The number of carboxylic acids is 2. The zero-order chi connectivity index (χ0) is 23.3. The molecule has 0 saturated heterocycles. The Morgan fingerprint density at radius 2 is 1.91 bits per heavy atom. The number of aliphatic carboxylic acids is 2. The molecular weight excluding hydrogens is 448 g/mol. The Bertz CT molecular complexity index is 720. The van der Waals surface area contributed by atoms with Crippen molar-refractivity contribution in [2.75, 3.05) is 23.9 Å². The van der Waals surface area contributed by atoms with Crippen molar-refractivity contribution in [1.82, 2.24) is 0 Å². The second kappa shape index (κ2) is 14.7. The van der Waals surface area contributed by atoms with Crippen LogP contribution in [0.25, 0.3) is 0 Å². The molecule has 3 N–H and O–H groups in total. The molecule has 8 heteroatoms. The van der Waals surface area contributed by atoms with Crippen molar-refractivity contribution in [3.8, 4) is 5.75 Å². The second-order valence-corrected chi connectivity index (χ2v) is 10.5. The van der Waals surface area contributed by atoms with Crippen molar-refractivity contribution >= 4 is 35.5 Å². The van der Waals surface area contributed by atoms with Gasteiger partial charge in [0.1, 0.15) is 5.75 Å². The monoisotopic (exact) mass is 484 g/mol. The number of ether oxygens (including phenoxy) is 1. The van der Waals surface area contributed by atoms with Gasteiger partial charge in [-0.25, -0.2) is 0 Å². The van der Waals surface area contributed by atoms with Crippen LogP contribution in [-0.2, 0) is 9.59 Å².